The highest BCUT2D eigenvalue weighted by Crippen LogP contribution is 2.30. The number of nitrogens with one attached hydrogen (secondary N) is 1. The van der Waals surface area contributed by atoms with Crippen LogP contribution in [-0.2, 0) is 12.2 Å². The molecule has 0 saturated carbocycles. The summed E-state index contributed by atoms with van der Waals surface area (Å²) in [5.74, 6) is 0.659. The Kier molecular flexibility index (Phi) is 4.44. The van der Waals surface area contributed by atoms with Crippen molar-refractivity contribution in [2.24, 2.45) is 0 Å². The Balaban J connectivity index is 1.90. The monoisotopic (exact) mass is 333 g/mol. The highest BCUT2D eigenvalue weighted by molar-refractivity contribution is 8.00. The summed E-state index contributed by atoms with van der Waals surface area (Å²) >= 11 is 3.06. The summed E-state index contributed by atoms with van der Waals surface area (Å²) in [6.45, 7) is 2.08. The maximum absolute atomic E-state index is 11.8. The molecule has 0 saturated heterocycles. The van der Waals surface area contributed by atoms with Gasteiger partial charge in [-0.15, -0.1) is 10.2 Å². The zero-order valence-corrected chi connectivity index (χ0v) is 13.9. The third-order valence-electron chi connectivity index (χ3n) is 3.27. The summed E-state index contributed by atoms with van der Waals surface area (Å²) in [6, 6.07) is 7.59. The van der Waals surface area contributed by atoms with Crippen LogP contribution in [0.3, 0.4) is 0 Å². The van der Waals surface area contributed by atoms with E-state index in [1.54, 1.807) is 17.8 Å². The summed E-state index contributed by atoms with van der Waals surface area (Å²) in [6.07, 6.45) is 0.913. The van der Waals surface area contributed by atoms with Gasteiger partial charge in [-0.2, -0.15) is 0 Å². The minimum atomic E-state index is -0.315. The minimum absolute atomic E-state index is 0.315. The smallest absolute Gasteiger partial charge is 0.336 e. The number of rotatable bonds is 5. The number of fused-ring (bicyclic) bond motifs is 1. The average Bonchev–Trinajstić information content (AvgIpc) is 2.99. The Morgan fingerprint density at radius 3 is 2.91 bits per heavy atom. The SMILES string of the molecule is CCc1ccc2c(CSc3nnc(NC)s3)cc(=O)oc2c1. The highest BCUT2D eigenvalue weighted by atomic mass is 32.2. The molecule has 0 aliphatic rings. The summed E-state index contributed by atoms with van der Waals surface area (Å²) in [5.41, 5.74) is 2.45. The predicted molar refractivity (Wildman–Crippen MR) is 90.9 cm³/mol. The number of anilines is 1. The third-order valence-corrected chi connectivity index (χ3v) is 5.40. The van der Waals surface area contributed by atoms with Crippen LogP contribution < -0.4 is 10.9 Å². The van der Waals surface area contributed by atoms with Gasteiger partial charge in [0.1, 0.15) is 5.58 Å². The number of hydrogen-bond acceptors (Lipinski definition) is 7. The molecule has 0 aliphatic heterocycles. The maximum Gasteiger partial charge on any atom is 0.336 e. The fourth-order valence-corrected chi connectivity index (χ4v) is 3.82. The van der Waals surface area contributed by atoms with Crippen molar-refractivity contribution in [1.29, 1.82) is 0 Å². The van der Waals surface area contributed by atoms with Crippen molar-refractivity contribution in [3.8, 4) is 0 Å². The molecule has 0 fully saturated rings. The lowest BCUT2D eigenvalue weighted by molar-refractivity contribution is 0.559. The first-order valence-corrected chi connectivity index (χ1v) is 8.69. The van der Waals surface area contributed by atoms with Gasteiger partial charge >= 0.3 is 5.63 Å². The number of nitrogens with zero attached hydrogens (tertiary/aromatic N) is 2. The molecular formula is C15H15N3O2S2. The zero-order valence-electron chi connectivity index (χ0n) is 12.3. The summed E-state index contributed by atoms with van der Waals surface area (Å²) in [4.78, 5) is 11.8. The first-order valence-electron chi connectivity index (χ1n) is 6.89. The van der Waals surface area contributed by atoms with Crippen LogP contribution in [-0.4, -0.2) is 17.2 Å². The Hall–Kier alpha value is -1.86. The van der Waals surface area contributed by atoms with E-state index in [4.69, 9.17) is 4.42 Å². The summed E-state index contributed by atoms with van der Waals surface area (Å²) < 4.78 is 6.19. The standard InChI is InChI=1S/C15H15N3O2S2/c1-3-9-4-5-11-10(7-13(19)20-12(11)6-9)8-21-15-18-17-14(16-2)22-15/h4-7H,3,8H2,1-2H3,(H,16,17). The van der Waals surface area contributed by atoms with Crippen molar-refractivity contribution < 1.29 is 4.42 Å². The maximum atomic E-state index is 11.8. The molecule has 1 aromatic carbocycles. The summed E-state index contributed by atoms with van der Waals surface area (Å²) in [5, 5.41) is 12.8. The van der Waals surface area contributed by atoms with Crippen LogP contribution in [0.15, 0.2) is 37.8 Å². The van der Waals surface area contributed by atoms with Crippen LogP contribution in [0.25, 0.3) is 11.0 Å². The number of aryl methyl sites for hydroxylation is 1. The molecule has 0 unspecified atom stereocenters. The molecule has 1 N–H and O–H groups in total. The number of thioether (sulfide) groups is 1. The highest BCUT2D eigenvalue weighted by Gasteiger charge is 2.09. The van der Waals surface area contributed by atoms with Gasteiger partial charge in [0.05, 0.1) is 0 Å². The average molecular weight is 333 g/mol. The number of hydrogen-bond donors (Lipinski definition) is 1. The predicted octanol–water partition coefficient (Wildman–Crippen LogP) is 3.54. The van der Waals surface area contributed by atoms with Crippen molar-refractivity contribution >= 4 is 39.2 Å². The fourth-order valence-electron chi connectivity index (χ4n) is 2.12. The third kappa shape index (κ3) is 3.15. The molecule has 22 heavy (non-hydrogen) atoms. The second-order valence-corrected chi connectivity index (χ2v) is 6.89. The van der Waals surface area contributed by atoms with Gasteiger partial charge in [0.2, 0.25) is 5.13 Å². The molecule has 0 aliphatic carbocycles. The van der Waals surface area contributed by atoms with Gasteiger partial charge < -0.3 is 9.73 Å². The number of aromatic nitrogens is 2. The van der Waals surface area contributed by atoms with Gasteiger partial charge in [-0.25, -0.2) is 4.79 Å². The second kappa shape index (κ2) is 6.50. The molecule has 0 bridgehead atoms. The van der Waals surface area contributed by atoms with Crippen molar-refractivity contribution in [3.05, 3.63) is 45.8 Å². The van der Waals surface area contributed by atoms with Crippen molar-refractivity contribution in [3.63, 3.8) is 0 Å². The molecule has 0 radical (unpaired) electrons. The lowest BCUT2D eigenvalue weighted by Crippen LogP contribution is -2.00. The molecule has 0 atom stereocenters. The van der Waals surface area contributed by atoms with Crippen molar-refractivity contribution in [2.75, 3.05) is 12.4 Å². The van der Waals surface area contributed by atoms with Gasteiger partial charge in [-0.05, 0) is 23.6 Å². The lowest BCUT2D eigenvalue weighted by Gasteiger charge is -2.05. The van der Waals surface area contributed by atoms with E-state index in [9.17, 15) is 4.79 Å². The molecule has 2 heterocycles. The first kappa shape index (κ1) is 15.1. The van der Waals surface area contributed by atoms with E-state index in [0.29, 0.717) is 11.3 Å². The van der Waals surface area contributed by atoms with Crippen LogP contribution >= 0.6 is 23.1 Å². The first-order chi connectivity index (χ1) is 10.7. The largest absolute Gasteiger partial charge is 0.423 e. The van der Waals surface area contributed by atoms with Crippen LogP contribution in [0.4, 0.5) is 5.13 Å². The van der Waals surface area contributed by atoms with Crippen LogP contribution in [0.2, 0.25) is 0 Å². The lowest BCUT2D eigenvalue weighted by atomic mass is 10.1. The molecule has 7 heteroatoms. The molecule has 2 aromatic heterocycles. The van der Waals surface area contributed by atoms with Gasteiger partial charge in [0, 0.05) is 24.3 Å². The van der Waals surface area contributed by atoms with E-state index in [1.165, 1.54) is 11.3 Å². The Morgan fingerprint density at radius 2 is 2.18 bits per heavy atom. The Morgan fingerprint density at radius 1 is 1.32 bits per heavy atom. The van der Waals surface area contributed by atoms with E-state index in [1.807, 2.05) is 19.2 Å². The van der Waals surface area contributed by atoms with E-state index in [0.717, 1.165) is 32.4 Å². The Bertz CT molecular complexity index is 857. The normalized spacial score (nSPS) is 11.0. The van der Waals surface area contributed by atoms with Gasteiger partial charge in [-0.1, -0.05) is 42.2 Å². The van der Waals surface area contributed by atoms with E-state index in [2.05, 4.69) is 28.5 Å². The molecule has 0 spiro atoms. The van der Waals surface area contributed by atoms with Crippen LogP contribution in [0.1, 0.15) is 18.1 Å². The molecule has 5 nitrogen and oxygen atoms in total. The fraction of sp³-hybridized carbons (Fsp3) is 0.267. The zero-order chi connectivity index (χ0) is 15.5. The topological polar surface area (TPSA) is 68.0 Å². The Labute approximate surface area is 135 Å². The van der Waals surface area contributed by atoms with Gasteiger partial charge in [-0.3, -0.25) is 0 Å². The van der Waals surface area contributed by atoms with E-state index >= 15 is 0 Å². The van der Waals surface area contributed by atoms with E-state index in [-0.39, 0.29) is 5.63 Å². The summed E-state index contributed by atoms with van der Waals surface area (Å²) in [7, 11) is 1.82. The molecule has 3 aromatic rings. The molecular weight excluding hydrogens is 318 g/mol. The van der Waals surface area contributed by atoms with Crippen molar-refractivity contribution in [2.45, 2.75) is 23.4 Å². The van der Waals surface area contributed by atoms with Gasteiger partial charge in [0.15, 0.2) is 4.34 Å². The quantitative estimate of drug-likeness (QED) is 0.569. The van der Waals surface area contributed by atoms with Gasteiger partial charge in [0.25, 0.3) is 0 Å². The minimum Gasteiger partial charge on any atom is -0.423 e. The molecule has 3 rings (SSSR count). The van der Waals surface area contributed by atoms with Crippen molar-refractivity contribution in [1.82, 2.24) is 10.2 Å². The van der Waals surface area contributed by atoms with Crippen LogP contribution in [0.5, 0.6) is 0 Å². The molecule has 0 amide bonds. The van der Waals surface area contributed by atoms with E-state index < -0.39 is 0 Å². The number of benzene rings is 1. The molecule has 114 valence electrons. The van der Waals surface area contributed by atoms with Crippen LogP contribution in [0, 0.1) is 0 Å². The second-order valence-electron chi connectivity index (χ2n) is 4.69.